The highest BCUT2D eigenvalue weighted by Crippen LogP contribution is 2.37. The Morgan fingerprint density at radius 2 is 1.69 bits per heavy atom. The molecule has 0 spiro atoms. The Hall–Kier alpha value is -0.370. The molecule has 1 aromatic carbocycles. The van der Waals surface area contributed by atoms with Crippen LogP contribution in [0.1, 0.15) is 44.5 Å². The minimum atomic E-state index is -0.174. The summed E-state index contributed by atoms with van der Waals surface area (Å²) in [4.78, 5) is 0.308. The van der Waals surface area contributed by atoms with Gasteiger partial charge in [-0.3, -0.25) is 0 Å². The number of alkyl halides is 1. The molecule has 0 bridgehead atoms. The molecule has 1 rings (SSSR count). The summed E-state index contributed by atoms with van der Waals surface area (Å²) in [5.41, 5.74) is 1.46. The van der Waals surface area contributed by atoms with Crippen LogP contribution >= 0.6 is 15.9 Å². The lowest BCUT2D eigenvalue weighted by Gasteiger charge is -2.29. The van der Waals surface area contributed by atoms with Crippen molar-refractivity contribution in [3.05, 3.63) is 35.6 Å². The van der Waals surface area contributed by atoms with Crippen molar-refractivity contribution in [2.75, 3.05) is 0 Å². The standard InChI is InChI=1S/C14H20BrF/c1-10(14(2,3)4)9-13(15)11-5-7-12(16)8-6-11/h5-8,10,13H,9H2,1-4H3. The predicted octanol–water partition coefficient (Wildman–Crippen LogP) is 5.33. The molecule has 0 nitrogen and oxygen atoms in total. The number of benzene rings is 1. The van der Waals surface area contributed by atoms with Gasteiger partial charge in [0.05, 0.1) is 0 Å². The molecule has 2 atom stereocenters. The lowest BCUT2D eigenvalue weighted by molar-refractivity contribution is 0.246. The molecule has 0 aliphatic rings. The quantitative estimate of drug-likeness (QED) is 0.659. The third-order valence-corrected chi connectivity index (χ3v) is 4.17. The highest BCUT2D eigenvalue weighted by molar-refractivity contribution is 9.09. The minimum Gasteiger partial charge on any atom is -0.207 e. The average molecular weight is 287 g/mol. The molecule has 16 heavy (non-hydrogen) atoms. The van der Waals surface area contributed by atoms with Gasteiger partial charge in [0.2, 0.25) is 0 Å². The van der Waals surface area contributed by atoms with Crippen LogP contribution in [0.2, 0.25) is 0 Å². The van der Waals surface area contributed by atoms with Crippen LogP contribution in [0.3, 0.4) is 0 Å². The van der Waals surface area contributed by atoms with Gasteiger partial charge in [-0.25, -0.2) is 4.39 Å². The monoisotopic (exact) mass is 286 g/mol. The Labute approximate surface area is 106 Å². The summed E-state index contributed by atoms with van der Waals surface area (Å²) in [5, 5.41) is 0. The smallest absolute Gasteiger partial charge is 0.123 e. The molecule has 90 valence electrons. The first-order valence-corrected chi connectivity index (χ1v) is 6.62. The van der Waals surface area contributed by atoms with Gasteiger partial charge in [-0.05, 0) is 35.4 Å². The molecular formula is C14H20BrF. The van der Waals surface area contributed by atoms with Crippen LogP contribution in [0.25, 0.3) is 0 Å². The van der Waals surface area contributed by atoms with Crippen molar-refractivity contribution in [3.8, 4) is 0 Å². The third-order valence-electron chi connectivity index (χ3n) is 3.27. The van der Waals surface area contributed by atoms with E-state index in [-0.39, 0.29) is 5.82 Å². The number of halogens is 2. The molecule has 0 N–H and O–H groups in total. The van der Waals surface area contributed by atoms with Crippen LogP contribution in [0.15, 0.2) is 24.3 Å². The fourth-order valence-electron chi connectivity index (χ4n) is 1.47. The summed E-state index contributed by atoms with van der Waals surface area (Å²) in [5.74, 6) is 0.439. The molecule has 0 fully saturated rings. The minimum absolute atomic E-state index is 0.174. The molecule has 0 aromatic heterocycles. The van der Waals surface area contributed by atoms with Gasteiger partial charge in [-0.15, -0.1) is 0 Å². The zero-order valence-electron chi connectivity index (χ0n) is 10.4. The lowest BCUT2D eigenvalue weighted by Crippen LogP contribution is -2.18. The number of hydrogen-bond donors (Lipinski definition) is 0. The maximum atomic E-state index is 12.8. The van der Waals surface area contributed by atoms with Crippen molar-refractivity contribution >= 4 is 15.9 Å². The van der Waals surface area contributed by atoms with Crippen LogP contribution < -0.4 is 0 Å². The molecule has 2 heteroatoms. The first-order valence-electron chi connectivity index (χ1n) is 5.70. The maximum Gasteiger partial charge on any atom is 0.123 e. The maximum absolute atomic E-state index is 12.8. The van der Waals surface area contributed by atoms with Crippen molar-refractivity contribution in [1.29, 1.82) is 0 Å². The summed E-state index contributed by atoms with van der Waals surface area (Å²) < 4.78 is 12.8. The molecule has 0 saturated heterocycles. The lowest BCUT2D eigenvalue weighted by atomic mass is 9.79. The van der Waals surface area contributed by atoms with E-state index in [9.17, 15) is 4.39 Å². The van der Waals surface area contributed by atoms with E-state index in [1.165, 1.54) is 12.1 Å². The zero-order valence-corrected chi connectivity index (χ0v) is 12.0. The Kier molecular flexibility index (Phi) is 4.54. The van der Waals surface area contributed by atoms with Gasteiger partial charge < -0.3 is 0 Å². The van der Waals surface area contributed by atoms with Gasteiger partial charge >= 0.3 is 0 Å². The van der Waals surface area contributed by atoms with Crippen LogP contribution in [0.5, 0.6) is 0 Å². The zero-order chi connectivity index (χ0) is 12.3. The summed E-state index contributed by atoms with van der Waals surface area (Å²) in [6.45, 7) is 9.02. The first-order chi connectivity index (χ1) is 7.30. The largest absolute Gasteiger partial charge is 0.207 e. The van der Waals surface area contributed by atoms with Crippen LogP contribution in [0, 0.1) is 17.2 Å². The van der Waals surface area contributed by atoms with E-state index in [1.807, 2.05) is 12.1 Å². The molecule has 0 saturated carbocycles. The second-order valence-electron chi connectivity index (χ2n) is 5.52. The fourth-order valence-corrected chi connectivity index (χ4v) is 2.34. The summed E-state index contributed by atoms with van der Waals surface area (Å²) in [6.07, 6.45) is 1.06. The number of rotatable bonds is 3. The molecule has 0 radical (unpaired) electrons. The first kappa shape index (κ1) is 13.7. The van der Waals surface area contributed by atoms with E-state index in [4.69, 9.17) is 0 Å². The van der Waals surface area contributed by atoms with Gasteiger partial charge in [0.1, 0.15) is 5.82 Å². The Bertz CT molecular complexity index is 324. The van der Waals surface area contributed by atoms with Gasteiger partial charge in [0, 0.05) is 4.83 Å². The van der Waals surface area contributed by atoms with Gasteiger partial charge in [-0.1, -0.05) is 55.8 Å². The summed E-state index contributed by atoms with van der Waals surface area (Å²) >= 11 is 3.68. The summed E-state index contributed by atoms with van der Waals surface area (Å²) in [7, 11) is 0. The van der Waals surface area contributed by atoms with E-state index >= 15 is 0 Å². The van der Waals surface area contributed by atoms with Gasteiger partial charge in [0.25, 0.3) is 0 Å². The Morgan fingerprint density at radius 1 is 1.19 bits per heavy atom. The Balaban J connectivity index is 2.65. The number of hydrogen-bond acceptors (Lipinski definition) is 0. The van der Waals surface area contributed by atoms with E-state index in [0.29, 0.717) is 16.2 Å². The van der Waals surface area contributed by atoms with Gasteiger partial charge in [0.15, 0.2) is 0 Å². The highest BCUT2D eigenvalue weighted by Gasteiger charge is 2.23. The molecular weight excluding hydrogens is 267 g/mol. The average Bonchev–Trinajstić information content (AvgIpc) is 2.17. The molecule has 0 aliphatic heterocycles. The predicted molar refractivity (Wildman–Crippen MR) is 71.3 cm³/mol. The van der Waals surface area contributed by atoms with E-state index in [2.05, 4.69) is 43.6 Å². The van der Waals surface area contributed by atoms with Crippen LogP contribution in [-0.2, 0) is 0 Å². The SMILES string of the molecule is CC(CC(Br)c1ccc(F)cc1)C(C)(C)C. The van der Waals surface area contributed by atoms with E-state index in [0.717, 1.165) is 12.0 Å². The molecule has 1 aromatic rings. The van der Waals surface area contributed by atoms with E-state index < -0.39 is 0 Å². The second kappa shape index (κ2) is 5.31. The molecule has 2 unspecified atom stereocenters. The van der Waals surface area contributed by atoms with Crippen LogP contribution in [-0.4, -0.2) is 0 Å². The van der Waals surface area contributed by atoms with Crippen molar-refractivity contribution in [1.82, 2.24) is 0 Å². The summed E-state index contributed by atoms with van der Waals surface area (Å²) in [6, 6.07) is 6.74. The molecule has 0 amide bonds. The molecule has 0 aliphatic carbocycles. The van der Waals surface area contributed by atoms with Crippen molar-refractivity contribution in [2.45, 2.75) is 38.9 Å². The highest BCUT2D eigenvalue weighted by atomic mass is 79.9. The normalized spacial score (nSPS) is 15.9. The second-order valence-corrected chi connectivity index (χ2v) is 6.63. The van der Waals surface area contributed by atoms with Crippen molar-refractivity contribution in [3.63, 3.8) is 0 Å². The fraction of sp³-hybridized carbons (Fsp3) is 0.571. The van der Waals surface area contributed by atoms with Crippen molar-refractivity contribution < 1.29 is 4.39 Å². The molecule has 0 heterocycles. The van der Waals surface area contributed by atoms with Crippen LogP contribution in [0.4, 0.5) is 4.39 Å². The van der Waals surface area contributed by atoms with Crippen molar-refractivity contribution in [2.24, 2.45) is 11.3 Å². The Morgan fingerprint density at radius 3 is 2.12 bits per heavy atom. The third kappa shape index (κ3) is 3.89. The van der Waals surface area contributed by atoms with E-state index in [1.54, 1.807) is 0 Å². The topological polar surface area (TPSA) is 0 Å². The van der Waals surface area contributed by atoms with Gasteiger partial charge in [-0.2, -0.15) is 0 Å².